The summed E-state index contributed by atoms with van der Waals surface area (Å²) in [5, 5.41) is -0.639. The molecule has 0 aliphatic heterocycles. The minimum absolute atomic E-state index is 0.222. The maximum Gasteiger partial charge on any atom is 0.356 e. The summed E-state index contributed by atoms with van der Waals surface area (Å²) < 4.78 is 44.0. The molecule has 0 N–H and O–H groups in total. The molecule has 94 valence electrons. The zero-order valence-corrected chi connectivity index (χ0v) is 9.69. The molecular weight excluding hydrogens is 271 g/mol. The van der Waals surface area contributed by atoms with Crippen molar-refractivity contribution in [3.8, 4) is 0 Å². The fourth-order valence-corrected chi connectivity index (χ4v) is 1.74. The minimum atomic E-state index is -1.64. The number of halogens is 4. The molecule has 0 saturated heterocycles. The molecule has 2 aromatic rings. The van der Waals surface area contributed by atoms with Crippen molar-refractivity contribution in [2.24, 2.45) is 0 Å². The van der Waals surface area contributed by atoms with E-state index in [9.17, 15) is 18.0 Å². The van der Waals surface area contributed by atoms with Crippen LogP contribution in [-0.4, -0.2) is 18.1 Å². The average Bonchev–Trinajstić information content (AvgIpc) is 2.34. The van der Waals surface area contributed by atoms with E-state index in [4.69, 9.17) is 11.6 Å². The monoisotopic (exact) mass is 275 g/mol. The van der Waals surface area contributed by atoms with Crippen molar-refractivity contribution in [1.29, 1.82) is 0 Å². The van der Waals surface area contributed by atoms with Gasteiger partial charge in [-0.25, -0.2) is 22.9 Å². The molecule has 1 heterocycles. The minimum Gasteiger partial charge on any atom is -0.464 e. The zero-order valence-electron chi connectivity index (χ0n) is 8.93. The predicted octanol–water partition coefficient (Wildman–Crippen LogP) is 3.09. The van der Waals surface area contributed by atoms with Gasteiger partial charge in [0.2, 0.25) is 0 Å². The van der Waals surface area contributed by atoms with Crippen molar-refractivity contribution in [3.63, 3.8) is 0 Å². The lowest BCUT2D eigenvalue weighted by Crippen LogP contribution is -2.05. The lowest BCUT2D eigenvalue weighted by Gasteiger charge is -2.06. The van der Waals surface area contributed by atoms with E-state index in [2.05, 4.69) is 9.72 Å². The molecule has 3 nitrogen and oxygen atoms in total. The normalized spacial score (nSPS) is 10.7. The highest BCUT2D eigenvalue weighted by molar-refractivity contribution is 6.35. The van der Waals surface area contributed by atoms with E-state index in [1.165, 1.54) is 0 Å². The third-order valence-electron chi connectivity index (χ3n) is 2.28. The van der Waals surface area contributed by atoms with Crippen LogP contribution in [0.3, 0.4) is 0 Å². The Labute approximate surface area is 104 Å². The Hall–Kier alpha value is -1.82. The van der Waals surface area contributed by atoms with Gasteiger partial charge in [0.1, 0.15) is 0 Å². The first-order valence-corrected chi connectivity index (χ1v) is 5.05. The average molecular weight is 276 g/mol. The van der Waals surface area contributed by atoms with Crippen molar-refractivity contribution in [1.82, 2.24) is 4.98 Å². The lowest BCUT2D eigenvalue weighted by molar-refractivity contribution is 0.0594. The summed E-state index contributed by atoms with van der Waals surface area (Å²) in [5.41, 5.74) is -0.486. The van der Waals surface area contributed by atoms with Crippen molar-refractivity contribution >= 4 is 28.5 Å². The molecule has 2 rings (SSSR count). The number of rotatable bonds is 1. The molecule has 18 heavy (non-hydrogen) atoms. The Morgan fingerprint density at radius 2 is 1.94 bits per heavy atom. The number of hydrogen-bond acceptors (Lipinski definition) is 3. The molecule has 0 fully saturated rings. The number of benzene rings is 1. The first-order valence-electron chi connectivity index (χ1n) is 4.67. The largest absolute Gasteiger partial charge is 0.464 e. The van der Waals surface area contributed by atoms with Gasteiger partial charge in [-0.1, -0.05) is 11.6 Å². The lowest BCUT2D eigenvalue weighted by atomic mass is 10.1. The SMILES string of the molecule is COC(=O)c1cc(Cl)c2c(F)c(F)c(F)cc2n1. The summed E-state index contributed by atoms with van der Waals surface area (Å²) in [4.78, 5) is 14.9. The van der Waals surface area contributed by atoms with Gasteiger partial charge in [-0.05, 0) is 6.07 Å². The number of carbonyl (C=O) groups excluding carboxylic acids is 1. The fourth-order valence-electron chi connectivity index (χ4n) is 1.46. The molecule has 0 amide bonds. The molecule has 0 aliphatic carbocycles. The number of methoxy groups -OCH3 is 1. The predicted molar refractivity (Wildman–Crippen MR) is 58.0 cm³/mol. The van der Waals surface area contributed by atoms with E-state index in [1.54, 1.807) is 0 Å². The Morgan fingerprint density at radius 1 is 1.28 bits per heavy atom. The van der Waals surface area contributed by atoms with Crippen molar-refractivity contribution in [2.45, 2.75) is 0 Å². The quantitative estimate of drug-likeness (QED) is 0.593. The van der Waals surface area contributed by atoms with E-state index < -0.39 is 23.4 Å². The Kier molecular flexibility index (Phi) is 3.13. The van der Waals surface area contributed by atoms with Gasteiger partial charge in [-0.3, -0.25) is 0 Å². The van der Waals surface area contributed by atoms with Gasteiger partial charge >= 0.3 is 5.97 Å². The van der Waals surface area contributed by atoms with Crippen LogP contribution in [0.25, 0.3) is 10.9 Å². The highest BCUT2D eigenvalue weighted by Gasteiger charge is 2.19. The van der Waals surface area contributed by atoms with Gasteiger partial charge in [0.15, 0.2) is 23.1 Å². The molecule has 0 aliphatic rings. The number of nitrogens with zero attached hydrogens (tertiary/aromatic N) is 1. The summed E-state index contributed by atoms with van der Waals surface area (Å²) in [6.45, 7) is 0. The van der Waals surface area contributed by atoms with E-state index in [0.717, 1.165) is 13.2 Å². The van der Waals surface area contributed by atoms with Crippen LogP contribution in [0.2, 0.25) is 5.02 Å². The number of hydrogen-bond donors (Lipinski definition) is 0. The Morgan fingerprint density at radius 3 is 2.56 bits per heavy atom. The molecule has 1 aromatic carbocycles. The molecule has 0 spiro atoms. The van der Waals surface area contributed by atoms with Gasteiger partial charge in [-0.15, -0.1) is 0 Å². The van der Waals surface area contributed by atoms with E-state index in [-0.39, 0.29) is 21.6 Å². The van der Waals surface area contributed by atoms with Gasteiger partial charge in [0, 0.05) is 6.07 Å². The Bertz CT molecular complexity index is 661. The highest BCUT2D eigenvalue weighted by atomic mass is 35.5. The van der Waals surface area contributed by atoms with Gasteiger partial charge in [-0.2, -0.15) is 0 Å². The molecular formula is C11H5ClF3NO2. The fraction of sp³-hybridized carbons (Fsp3) is 0.0909. The number of ether oxygens (including phenoxy) is 1. The van der Waals surface area contributed by atoms with Gasteiger partial charge in [0.25, 0.3) is 0 Å². The number of aromatic nitrogens is 1. The first-order chi connectivity index (χ1) is 8.45. The molecule has 7 heteroatoms. The van der Waals surface area contributed by atoms with Crippen LogP contribution in [0, 0.1) is 17.5 Å². The molecule has 0 unspecified atom stereocenters. The standard InChI is InChI=1S/C11H5ClF3NO2/c1-18-11(17)7-2-4(12)8-6(16-7)3-5(13)9(14)10(8)15/h2-3H,1H3. The molecule has 0 bridgehead atoms. The van der Waals surface area contributed by atoms with Crippen molar-refractivity contribution in [3.05, 3.63) is 40.3 Å². The number of pyridine rings is 1. The molecule has 0 atom stereocenters. The second-order valence-electron chi connectivity index (χ2n) is 3.36. The van der Waals surface area contributed by atoms with Crippen molar-refractivity contribution in [2.75, 3.05) is 7.11 Å². The van der Waals surface area contributed by atoms with Gasteiger partial charge < -0.3 is 4.74 Å². The summed E-state index contributed by atoms with van der Waals surface area (Å²) >= 11 is 5.72. The highest BCUT2D eigenvalue weighted by Crippen LogP contribution is 2.29. The summed E-state index contributed by atoms with van der Waals surface area (Å²) in [5.74, 6) is -5.31. The second-order valence-corrected chi connectivity index (χ2v) is 3.77. The van der Waals surface area contributed by atoms with Crippen LogP contribution in [-0.2, 0) is 4.74 Å². The number of carbonyl (C=O) groups is 1. The maximum absolute atomic E-state index is 13.5. The summed E-state index contributed by atoms with van der Waals surface area (Å²) in [6.07, 6.45) is 0. The summed E-state index contributed by atoms with van der Waals surface area (Å²) in [7, 11) is 1.12. The zero-order chi connectivity index (χ0) is 13.4. The number of fused-ring (bicyclic) bond motifs is 1. The van der Waals surface area contributed by atoms with Crippen LogP contribution in [0.1, 0.15) is 10.5 Å². The molecule has 0 radical (unpaired) electrons. The van der Waals surface area contributed by atoms with Crippen LogP contribution < -0.4 is 0 Å². The van der Waals surface area contributed by atoms with E-state index in [1.807, 2.05) is 0 Å². The third kappa shape index (κ3) is 1.88. The van der Waals surface area contributed by atoms with Crippen LogP contribution in [0.15, 0.2) is 12.1 Å². The summed E-state index contributed by atoms with van der Waals surface area (Å²) in [6, 6.07) is 1.68. The topological polar surface area (TPSA) is 39.2 Å². The van der Waals surface area contributed by atoms with Crippen LogP contribution in [0.4, 0.5) is 13.2 Å². The first kappa shape index (κ1) is 12.6. The molecule has 0 saturated carbocycles. The van der Waals surface area contributed by atoms with E-state index in [0.29, 0.717) is 6.07 Å². The third-order valence-corrected chi connectivity index (χ3v) is 2.58. The number of esters is 1. The second kappa shape index (κ2) is 4.45. The molecule has 1 aromatic heterocycles. The van der Waals surface area contributed by atoms with Crippen LogP contribution in [0.5, 0.6) is 0 Å². The van der Waals surface area contributed by atoms with E-state index >= 15 is 0 Å². The van der Waals surface area contributed by atoms with Crippen LogP contribution >= 0.6 is 11.6 Å². The van der Waals surface area contributed by atoms with Crippen molar-refractivity contribution < 1.29 is 22.7 Å². The smallest absolute Gasteiger partial charge is 0.356 e. The Balaban J connectivity index is 2.82. The maximum atomic E-state index is 13.5. The van der Waals surface area contributed by atoms with Gasteiger partial charge in [0.05, 0.1) is 23.0 Å².